The van der Waals surface area contributed by atoms with Crippen LogP contribution in [0.3, 0.4) is 0 Å². The molecule has 7 heteroatoms. The van der Waals surface area contributed by atoms with E-state index in [4.69, 9.17) is 9.47 Å². The highest BCUT2D eigenvalue weighted by Gasteiger charge is 2.20. The molecule has 3 aromatic rings. The first-order valence-electron chi connectivity index (χ1n) is 11.3. The molecule has 0 amide bonds. The molecule has 2 aromatic carbocycles. The lowest BCUT2D eigenvalue weighted by molar-refractivity contribution is 0.171. The fourth-order valence-corrected chi connectivity index (χ4v) is 5.04. The first kappa shape index (κ1) is 21.5. The van der Waals surface area contributed by atoms with Crippen LogP contribution >= 0.6 is 15.9 Å². The first-order valence-corrected chi connectivity index (χ1v) is 12.1. The van der Waals surface area contributed by atoms with Crippen molar-refractivity contribution in [2.24, 2.45) is 0 Å². The molecular weight excluding hydrogens is 470 g/mol. The number of halogens is 1. The Labute approximate surface area is 196 Å². The number of ether oxygens (including phenoxy) is 2. The zero-order valence-electron chi connectivity index (χ0n) is 18.1. The van der Waals surface area contributed by atoms with Crippen LogP contribution in [0.1, 0.15) is 18.4 Å². The molecule has 0 saturated carbocycles. The summed E-state index contributed by atoms with van der Waals surface area (Å²) in [5.41, 5.74) is 2.26. The number of hydrogen-bond acceptors (Lipinski definition) is 5. The molecular formula is C25H28BrN3O3. The zero-order valence-corrected chi connectivity index (χ0v) is 19.6. The van der Waals surface area contributed by atoms with Gasteiger partial charge < -0.3 is 24.3 Å². The summed E-state index contributed by atoms with van der Waals surface area (Å²) in [6.07, 6.45) is 2.22. The molecule has 2 aliphatic rings. The van der Waals surface area contributed by atoms with Crippen LogP contribution in [0.2, 0.25) is 0 Å². The van der Waals surface area contributed by atoms with Gasteiger partial charge in [-0.25, -0.2) is 0 Å². The van der Waals surface area contributed by atoms with E-state index in [1.54, 1.807) is 0 Å². The maximum absolute atomic E-state index is 12.7. The molecule has 3 heterocycles. The van der Waals surface area contributed by atoms with Crippen molar-refractivity contribution in [3.05, 3.63) is 68.9 Å². The van der Waals surface area contributed by atoms with E-state index < -0.39 is 0 Å². The highest BCUT2D eigenvalue weighted by Crippen LogP contribution is 2.30. The van der Waals surface area contributed by atoms with Crippen LogP contribution in [0.4, 0.5) is 0 Å². The molecule has 0 atom stereocenters. The summed E-state index contributed by atoms with van der Waals surface area (Å²) in [7, 11) is 0. The van der Waals surface area contributed by atoms with Gasteiger partial charge in [0, 0.05) is 25.7 Å². The van der Waals surface area contributed by atoms with Gasteiger partial charge in [-0.15, -0.1) is 0 Å². The SMILES string of the molecule is O=c1c(Br)cc2ccccc2n1CCN1CCC(NCc2ccc3c(c2)OCCO3)CC1. The van der Waals surface area contributed by atoms with E-state index in [2.05, 4.69) is 44.3 Å². The van der Waals surface area contributed by atoms with E-state index in [1.165, 1.54) is 5.56 Å². The predicted octanol–water partition coefficient (Wildman–Crippen LogP) is 3.79. The van der Waals surface area contributed by atoms with Crippen LogP contribution in [0, 0.1) is 0 Å². The van der Waals surface area contributed by atoms with Crippen LogP contribution < -0.4 is 20.3 Å². The Balaban J connectivity index is 1.13. The molecule has 32 heavy (non-hydrogen) atoms. The molecule has 0 spiro atoms. The Hall–Kier alpha value is -2.35. The molecule has 2 aliphatic heterocycles. The summed E-state index contributed by atoms with van der Waals surface area (Å²) >= 11 is 3.43. The second-order valence-electron chi connectivity index (χ2n) is 8.48. The van der Waals surface area contributed by atoms with E-state index in [0.29, 0.717) is 30.3 Å². The molecule has 0 unspecified atom stereocenters. The van der Waals surface area contributed by atoms with Gasteiger partial charge in [-0.1, -0.05) is 24.3 Å². The van der Waals surface area contributed by atoms with Crippen molar-refractivity contribution in [2.75, 3.05) is 32.8 Å². The van der Waals surface area contributed by atoms with Gasteiger partial charge in [0.2, 0.25) is 0 Å². The third kappa shape index (κ3) is 4.70. The topological polar surface area (TPSA) is 55.7 Å². The summed E-state index contributed by atoms with van der Waals surface area (Å²) < 4.78 is 13.8. The highest BCUT2D eigenvalue weighted by atomic mass is 79.9. The number of likely N-dealkylation sites (tertiary alicyclic amines) is 1. The lowest BCUT2D eigenvalue weighted by Crippen LogP contribution is -2.43. The fraction of sp³-hybridized carbons (Fsp3) is 0.400. The second kappa shape index (κ2) is 9.65. The molecule has 6 nitrogen and oxygen atoms in total. The molecule has 1 aromatic heterocycles. The third-order valence-corrected chi connectivity index (χ3v) is 6.96. The molecule has 1 fully saturated rings. The van der Waals surface area contributed by atoms with Crippen LogP contribution in [0.15, 0.2) is 57.8 Å². The number of piperidine rings is 1. The summed E-state index contributed by atoms with van der Waals surface area (Å²) in [6, 6.07) is 16.7. The first-order chi connectivity index (χ1) is 15.7. The summed E-state index contributed by atoms with van der Waals surface area (Å²) in [5, 5.41) is 4.78. The average molecular weight is 498 g/mol. The Kier molecular flexibility index (Phi) is 6.48. The van der Waals surface area contributed by atoms with Gasteiger partial charge in [-0.2, -0.15) is 0 Å². The monoisotopic (exact) mass is 497 g/mol. The van der Waals surface area contributed by atoms with Crippen molar-refractivity contribution in [2.45, 2.75) is 32.0 Å². The minimum Gasteiger partial charge on any atom is -0.486 e. The highest BCUT2D eigenvalue weighted by molar-refractivity contribution is 9.10. The lowest BCUT2D eigenvalue weighted by Gasteiger charge is -2.32. The van der Waals surface area contributed by atoms with E-state index in [1.807, 2.05) is 34.9 Å². The maximum Gasteiger partial charge on any atom is 0.265 e. The van der Waals surface area contributed by atoms with Crippen LogP contribution in [-0.2, 0) is 13.1 Å². The molecule has 168 valence electrons. The van der Waals surface area contributed by atoms with Crippen molar-refractivity contribution in [3.8, 4) is 11.5 Å². The number of benzene rings is 2. The number of nitrogens with zero attached hydrogens (tertiary/aromatic N) is 2. The maximum atomic E-state index is 12.7. The molecule has 5 rings (SSSR count). The van der Waals surface area contributed by atoms with E-state index in [-0.39, 0.29) is 5.56 Å². The van der Waals surface area contributed by atoms with Crippen LogP contribution in [-0.4, -0.2) is 48.4 Å². The minimum absolute atomic E-state index is 0.0414. The summed E-state index contributed by atoms with van der Waals surface area (Å²) in [5.74, 6) is 1.69. The van der Waals surface area contributed by atoms with E-state index in [9.17, 15) is 4.79 Å². The largest absolute Gasteiger partial charge is 0.486 e. The second-order valence-corrected chi connectivity index (χ2v) is 9.34. The molecule has 1 N–H and O–H groups in total. The van der Waals surface area contributed by atoms with Crippen molar-refractivity contribution in [3.63, 3.8) is 0 Å². The quantitative estimate of drug-likeness (QED) is 0.561. The van der Waals surface area contributed by atoms with Gasteiger partial charge in [-0.05, 0) is 77.1 Å². The van der Waals surface area contributed by atoms with E-state index >= 15 is 0 Å². The number of rotatable bonds is 6. The zero-order chi connectivity index (χ0) is 21.9. The van der Waals surface area contributed by atoms with Crippen molar-refractivity contribution >= 4 is 26.8 Å². The van der Waals surface area contributed by atoms with Crippen molar-refractivity contribution < 1.29 is 9.47 Å². The Morgan fingerprint density at radius 2 is 1.75 bits per heavy atom. The van der Waals surface area contributed by atoms with Gasteiger partial charge in [0.1, 0.15) is 13.2 Å². The fourth-order valence-electron chi connectivity index (χ4n) is 4.58. The number of fused-ring (bicyclic) bond motifs is 2. The molecule has 1 saturated heterocycles. The normalized spacial score (nSPS) is 17.0. The smallest absolute Gasteiger partial charge is 0.265 e. The molecule has 0 radical (unpaired) electrons. The van der Waals surface area contributed by atoms with E-state index in [0.717, 1.165) is 61.4 Å². The van der Waals surface area contributed by atoms with Gasteiger partial charge in [0.05, 0.1) is 9.99 Å². The Bertz CT molecular complexity index is 1150. The standard InChI is InChI=1S/C25H28BrN3O3/c26-21-16-19-3-1-2-4-22(19)29(25(21)30)12-11-28-9-7-20(8-10-28)27-17-18-5-6-23-24(15-18)32-14-13-31-23/h1-6,15-16,20,27H,7-14,17H2. The molecule has 0 bridgehead atoms. The summed E-state index contributed by atoms with van der Waals surface area (Å²) in [4.78, 5) is 15.2. The third-order valence-electron chi connectivity index (χ3n) is 6.39. The van der Waals surface area contributed by atoms with Crippen LogP contribution in [0.25, 0.3) is 10.9 Å². The number of pyridine rings is 1. The lowest BCUT2D eigenvalue weighted by atomic mass is 10.0. The Morgan fingerprint density at radius 3 is 2.59 bits per heavy atom. The van der Waals surface area contributed by atoms with Gasteiger partial charge in [-0.3, -0.25) is 4.79 Å². The average Bonchev–Trinajstić information content (AvgIpc) is 2.83. The van der Waals surface area contributed by atoms with Gasteiger partial charge >= 0.3 is 0 Å². The van der Waals surface area contributed by atoms with Crippen molar-refractivity contribution in [1.82, 2.24) is 14.8 Å². The van der Waals surface area contributed by atoms with Gasteiger partial charge in [0.25, 0.3) is 5.56 Å². The predicted molar refractivity (Wildman–Crippen MR) is 130 cm³/mol. The Morgan fingerprint density at radius 1 is 0.969 bits per heavy atom. The van der Waals surface area contributed by atoms with Crippen molar-refractivity contribution in [1.29, 1.82) is 0 Å². The number of hydrogen-bond donors (Lipinski definition) is 1. The number of para-hydroxylation sites is 1. The number of nitrogens with one attached hydrogen (secondary N) is 1. The minimum atomic E-state index is 0.0414. The summed E-state index contributed by atoms with van der Waals surface area (Å²) in [6.45, 7) is 5.74. The number of aromatic nitrogens is 1. The van der Waals surface area contributed by atoms with Crippen LogP contribution in [0.5, 0.6) is 11.5 Å². The van der Waals surface area contributed by atoms with Gasteiger partial charge in [0.15, 0.2) is 11.5 Å². The molecule has 0 aliphatic carbocycles.